The molecule has 0 amide bonds. The average molecular weight is 257 g/mol. The molecule has 5 N–H and O–H groups in total. The number of amidine groups is 1. The maximum absolute atomic E-state index is 9.64. The second kappa shape index (κ2) is 5.45. The summed E-state index contributed by atoms with van der Waals surface area (Å²) in [7, 11) is 0. The molecule has 0 spiro atoms. The third-order valence-corrected chi connectivity index (χ3v) is 4.39. The molecule has 0 bridgehead atoms. The number of nitrogens with zero attached hydrogens (tertiary/aromatic N) is 1. The number of nitrogens with one attached hydrogen (secondary N) is 1. The van der Waals surface area contributed by atoms with Crippen LogP contribution in [-0.4, -0.2) is 34.8 Å². The summed E-state index contributed by atoms with van der Waals surface area (Å²) >= 11 is 0. The van der Waals surface area contributed by atoms with E-state index in [0.29, 0.717) is 6.04 Å². The van der Waals surface area contributed by atoms with Crippen molar-refractivity contribution < 1.29 is 10.3 Å². The van der Waals surface area contributed by atoms with Crippen LogP contribution < -0.4 is 11.1 Å². The highest BCUT2D eigenvalue weighted by Gasteiger charge is 2.46. The zero-order valence-electron chi connectivity index (χ0n) is 11.9. The average Bonchev–Trinajstić information content (AvgIpc) is 2.31. The Labute approximate surface area is 109 Å². The molecule has 1 rings (SSSR count). The molecule has 106 valence electrons. The van der Waals surface area contributed by atoms with Gasteiger partial charge in [0.1, 0.15) is 5.84 Å². The Balaban J connectivity index is 2.24. The number of hydrogen-bond donors (Lipinski definition) is 4. The van der Waals surface area contributed by atoms with E-state index in [-0.39, 0.29) is 22.8 Å². The molecule has 18 heavy (non-hydrogen) atoms. The zero-order chi connectivity index (χ0) is 14.0. The minimum atomic E-state index is -0.273. The van der Waals surface area contributed by atoms with E-state index in [1.807, 2.05) is 13.8 Å². The van der Waals surface area contributed by atoms with Gasteiger partial charge in [-0.2, -0.15) is 0 Å². The van der Waals surface area contributed by atoms with Crippen molar-refractivity contribution in [2.45, 2.75) is 59.1 Å². The van der Waals surface area contributed by atoms with Crippen LogP contribution in [0.1, 0.15) is 47.0 Å². The van der Waals surface area contributed by atoms with Gasteiger partial charge >= 0.3 is 0 Å². The lowest BCUT2D eigenvalue weighted by Gasteiger charge is -2.49. The third kappa shape index (κ3) is 3.14. The van der Waals surface area contributed by atoms with Gasteiger partial charge in [-0.05, 0) is 25.8 Å². The van der Waals surface area contributed by atoms with Gasteiger partial charge in [0.25, 0.3) is 0 Å². The van der Waals surface area contributed by atoms with E-state index >= 15 is 0 Å². The summed E-state index contributed by atoms with van der Waals surface area (Å²) in [5.41, 5.74) is 5.34. The Morgan fingerprint density at radius 3 is 2.56 bits per heavy atom. The SMILES string of the molecule is CC(C)(CCCNC1CC(O)C1(C)C)C(N)=NO. The van der Waals surface area contributed by atoms with E-state index in [0.717, 1.165) is 25.8 Å². The van der Waals surface area contributed by atoms with Crippen LogP contribution >= 0.6 is 0 Å². The van der Waals surface area contributed by atoms with E-state index in [1.165, 1.54) is 0 Å². The maximum atomic E-state index is 9.64. The normalized spacial score (nSPS) is 27.9. The van der Waals surface area contributed by atoms with E-state index < -0.39 is 0 Å². The first-order chi connectivity index (χ1) is 8.21. The minimum absolute atomic E-state index is 0.0267. The number of hydrogen-bond acceptors (Lipinski definition) is 4. The van der Waals surface area contributed by atoms with Crippen LogP contribution in [0.4, 0.5) is 0 Å². The van der Waals surface area contributed by atoms with Gasteiger partial charge in [0.2, 0.25) is 0 Å². The number of aliphatic hydroxyl groups is 1. The molecule has 1 aliphatic rings. The molecule has 0 aliphatic heterocycles. The fourth-order valence-electron chi connectivity index (χ4n) is 2.32. The van der Waals surface area contributed by atoms with Crippen LogP contribution in [0.2, 0.25) is 0 Å². The Morgan fingerprint density at radius 1 is 1.50 bits per heavy atom. The zero-order valence-corrected chi connectivity index (χ0v) is 11.9. The molecule has 5 heteroatoms. The van der Waals surface area contributed by atoms with Crippen LogP contribution in [0.15, 0.2) is 5.16 Å². The van der Waals surface area contributed by atoms with Crippen LogP contribution in [0.5, 0.6) is 0 Å². The second-order valence-electron chi connectivity index (χ2n) is 6.55. The topological polar surface area (TPSA) is 90.9 Å². The summed E-state index contributed by atoms with van der Waals surface area (Å²) in [4.78, 5) is 0. The molecule has 0 heterocycles. The lowest BCUT2D eigenvalue weighted by atomic mass is 9.64. The van der Waals surface area contributed by atoms with Crippen LogP contribution in [-0.2, 0) is 0 Å². The van der Waals surface area contributed by atoms with Crippen molar-refractivity contribution in [1.82, 2.24) is 5.32 Å². The molecule has 0 aromatic carbocycles. The lowest BCUT2D eigenvalue weighted by molar-refractivity contribution is -0.0723. The van der Waals surface area contributed by atoms with E-state index in [9.17, 15) is 5.11 Å². The third-order valence-electron chi connectivity index (χ3n) is 4.39. The molecular formula is C13H27N3O2. The monoisotopic (exact) mass is 257 g/mol. The van der Waals surface area contributed by atoms with Crippen molar-refractivity contribution in [3.8, 4) is 0 Å². The Bertz CT molecular complexity index is 313. The van der Waals surface area contributed by atoms with Gasteiger partial charge in [0.05, 0.1) is 6.10 Å². The highest BCUT2D eigenvalue weighted by molar-refractivity contribution is 5.85. The molecule has 0 aromatic rings. The van der Waals surface area contributed by atoms with E-state index in [1.54, 1.807) is 0 Å². The van der Waals surface area contributed by atoms with E-state index in [2.05, 4.69) is 24.3 Å². The number of aliphatic hydroxyl groups excluding tert-OH is 1. The molecule has 1 saturated carbocycles. The molecule has 5 nitrogen and oxygen atoms in total. The first-order valence-electron chi connectivity index (χ1n) is 6.61. The van der Waals surface area contributed by atoms with Gasteiger partial charge in [-0.1, -0.05) is 32.9 Å². The lowest BCUT2D eigenvalue weighted by Crippen LogP contribution is -2.60. The molecule has 2 unspecified atom stereocenters. The summed E-state index contributed by atoms with van der Waals surface area (Å²) in [6.45, 7) is 9.00. The highest BCUT2D eigenvalue weighted by Crippen LogP contribution is 2.40. The molecule has 0 aromatic heterocycles. The predicted octanol–water partition coefficient (Wildman–Crippen LogP) is 1.29. The predicted molar refractivity (Wildman–Crippen MR) is 72.6 cm³/mol. The molecule has 0 radical (unpaired) electrons. The largest absolute Gasteiger partial charge is 0.409 e. The van der Waals surface area contributed by atoms with Gasteiger partial charge in [-0.3, -0.25) is 0 Å². The Hall–Kier alpha value is -0.810. The molecule has 1 aliphatic carbocycles. The summed E-state index contributed by atoms with van der Waals surface area (Å²) in [5, 5.41) is 24.9. The van der Waals surface area contributed by atoms with Gasteiger partial charge in [0, 0.05) is 16.9 Å². The second-order valence-corrected chi connectivity index (χ2v) is 6.55. The first-order valence-corrected chi connectivity index (χ1v) is 6.61. The molecular weight excluding hydrogens is 230 g/mol. The van der Waals surface area contributed by atoms with Gasteiger partial charge < -0.3 is 21.4 Å². The Kier molecular flexibility index (Phi) is 4.61. The smallest absolute Gasteiger partial charge is 0.144 e. The van der Waals surface area contributed by atoms with E-state index in [4.69, 9.17) is 10.9 Å². The van der Waals surface area contributed by atoms with Crippen LogP contribution in [0, 0.1) is 10.8 Å². The minimum Gasteiger partial charge on any atom is -0.409 e. The van der Waals surface area contributed by atoms with Crippen molar-refractivity contribution in [3.05, 3.63) is 0 Å². The summed E-state index contributed by atoms with van der Waals surface area (Å²) < 4.78 is 0. The van der Waals surface area contributed by atoms with Gasteiger partial charge in [0.15, 0.2) is 0 Å². The number of rotatable bonds is 6. The molecule has 2 atom stereocenters. The fourth-order valence-corrected chi connectivity index (χ4v) is 2.32. The quantitative estimate of drug-likeness (QED) is 0.190. The summed E-state index contributed by atoms with van der Waals surface area (Å²) in [6.07, 6.45) is 2.47. The van der Waals surface area contributed by atoms with Crippen molar-refractivity contribution >= 4 is 5.84 Å². The maximum Gasteiger partial charge on any atom is 0.144 e. The first kappa shape index (κ1) is 15.2. The van der Waals surface area contributed by atoms with Crippen molar-refractivity contribution in [3.63, 3.8) is 0 Å². The van der Waals surface area contributed by atoms with Crippen LogP contribution in [0.25, 0.3) is 0 Å². The van der Waals surface area contributed by atoms with Gasteiger partial charge in [-0.25, -0.2) is 0 Å². The number of oxime groups is 1. The summed E-state index contributed by atoms with van der Waals surface area (Å²) in [5.74, 6) is 0.280. The Morgan fingerprint density at radius 2 is 2.11 bits per heavy atom. The van der Waals surface area contributed by atoms with Crippen molar-refractivity contribution in [2.24, 2.45) is 21.7 Å². The number of nitrogens with two attached hydrogens (primary N) is 1. The van der Waals surface area contributed by atoms with Crippen molar-refractivity contribution in [2.75, 3.05) is 6.54 Å². The fraction of sp³-hybridized carbons (Fsp3) is 0.923. The molecule has 1 fully saturated rings. The molecule has 0 saturated heterocycles. The van der Waals surface area contributed by atoms with Crippen LogP contribution in [0.3, 0.4) is 0 Å². The summed E-state index contributed by atoms with van der Waals surface area (Å²) in [6, 6.07) is 0.388. The standard InChI is InChI=1S/C13H27N3O2/c1-12(2,11(14)16-18)6-5-7-15-9-8-10(17)13(9,3)4/h9-10,15,17-18H,5-8H2,1-4H3,(H2,14,16). The van der Waals surface area contributed by atoms with Gasteiger partial charge in [-0.15, -0.1) is 0 Å². The van der Waals surface area contributed by atoms with Crippen molar-refractivity contribution in [1.29, 1.82) is 0 Å². The highest BCUT2D eigenvalue weighted by atomic mass is 16.4.